The molecule has 0 bridgehead atoms. The van der Waals surface area contributed by atoms with Crippen LogP contribution in [0.5, 0.6) is 0 Å². The second-order valence-corrected chi connectivity index (χ2v) is 4.76. The van der Waals surface area contributed by atoms with E-state index in [1.807, 2.05) is 0 Å². The van der Waals surface area contributed by atoms with Gasteiger partial charge < -0.3 is 10.1 Å². The van der Waals surface area contributed by atoms with Gasteiger partial charge in [-0.1, -0.05) is 26.8 Å². The van der Waals surface area contributed by atoms with Gasteiger partial charge >= 0.3 is 0 Å². The molecule has 0 aromatic rings. The van der Waals surface area contributed by atoms with Crippen LogP contribution in [0.4, 0.5) is 0 Å². The van der Waals surface area contributed by atoms with Gasteiger partial charge in [-0.05, 0) is 24.2 Å². The van der Waals surface area contributed by atoms with Gasteiger partial charge in [-0.25, -0.2) is 0 Å². The Morgan fingerprint density at radius 1 is 1.69 bits per heavy atom. The number of hydrogen-bond acceptors (Lipinski definition) is 2. The molecule has 1 aliphatic rings. The molecule has 1 unspecified atom stereocenters. The van der Waals surface area contributed by atoms with Crippen LogP contribution in [0.15, 0.2) is 11.8 Å². The first-order valence-corrected chi connectivity index (χ1v) is 4.92. The lowest BCUT2D eigenvalue weighted by molar-refractivity contribution is -0.107. The predicted octanol–water partition coefficient (Wildman–Crippen LogP) is 2.11. The van der Waals surface area contributed by atoms with Crippen LogP contribution >= 0.6 is 0 Å². The summed E-state index contributed by atoms with van der Waals surface area (Å²) >= 11 is 0. The zero-order valence-corrected chi connectivity index (χ0v) is 8.76. The monoisotopic (exact) mass is 181 g/mol. The largest absolute Gasteiger partial charge is 0.382 e. The first kappa shape index (κ1) is 10.3. The minimum atomic E-state index is 0.374. The Hall–Kier alpha value is -0.790. The number of allylic oxidation sites excluding steroid dienone is 2. The third kappa shape index (κ3) is 3.21. The lowest BCUT2D eigenvalue weighted by Gasteiger charge is -2.33. The van der Waals surface area contributed by atoms with E-state index in [0.29, 0.717) is 17.9 Å². The van der Waals surface area contributed by atoms with Gasteiger partial charge in [0, 0.05) is 5.70 Å². The maximum atomic E-state index is 10.2. The fourth-order valence-electron chi connectivity index (χ4n) is 2.21. The van der Waals surface area contributed by atoms with Gasteiger partial charge in [0.15, 0.2) is 0 Å². The van der Waals surface area contributed by atoms with E-state index in [2.05, 4.69) is 32.2 Å². The molecule has 0 aliphatic heterocycles. The molecule has 2 heteroatoms. The van der Waals surface area contributed by atoms with Crippen LogP contribution in [-0.2, 0) is 4.79 Å². The number of hydrogen-bond donors (Lipinski definition) is 1. The molecule has 0 aromatic carbocycles. The van der Waals surface area contributed by atoms with E-state index in [1.165, 1.54) is 12.1 Å². The number of aldehydes is 1. The van der Waals surface area contributed by atoms with Crippen molar-refractivity contribution in [3.63, 3.8) is 0 Å². The summed E-state index contributed by atoms with van der Waals surface area (Å²) in [4.78, 5) is 10.2. The minimum absolute atomic E-state index is 0.374. The van der Waals surface area contributed by atoms with Crippen molar-refractivity contribution in [2.24, 2.45) is 11.3 Å². The van der Waals surface area contributed by atoms with Crippen molar-refractivity contribution in [3.05, 3.63) is 11.8 Å². The van der Waals surface area contributed by atoms with Gasteiger partial charge in [0.2, 0.25) is 0 Å². The summed E-state index contributed by atoms with van der Waals surface area (Å²) in [5.74, 6) is 0.623. The summed E-state index contributed by atoms with van der Waals surface area (Å²) < 4.78 is 0. The molecule has 0 radical (unpaired) electrons. The molecule has 74 valence electrons. The molecule has 1 rings (SSSR count). The van der Waals surface area contributed by atoms with Crippen molar-refractivity contribution in [1.29, 1.82) is 0 Å². The van der Waals surface area contributed by atoms with Crippen molar-refractivity contribution < 1.29 is 4.79 Å². The third-order valence-electron chi connectivity index (χ3n) is 2.44. The number of nitrogens with one attached hydrogen (secondary N) is 1. The molecule has 1 atom stereocenters. The van der Waals surface area contributed by atoms with Gasteiger partial charge in [0.05, 0.1) is 6.54 Å². The second kappa shape index (κ2) is 3.95. The van der Waals surface area contributed by atoms with E-state index in [4.69, 9.17) is 0 Å². The summed E-state index contributed by atoms with van der Waals surface area (Å²) in [6.07, 6.45) is 5.45. The maximum absolute atomic E-state index is 10.2. The SMILES string of the molecule is CC1C=C(NCC=O)CC(C)(C)C1. The summed E-state index contributed by atoms with van der Waals surface area (Å²) in [5.41, 5.74) is 1.61. The van der Waals surface area contributed by atoms with Crippen molar-refractivity contribution in [3.8, 4) is 0 Å². The van der Waals surface area contributed by atoms with E-state index < -0.39 is 0 Å². The van der Waals surface area contributed by atoms with Crippen LogP contribution < -0.4 is 5.32 Å². The van der Waals surface area contributed by atoms with Crippen molar-refractivity contribution in [1.82, 2.24) is 5.32 Å². The van der Waals surface area contributed by atoms with Gasteiger partial charge in [-0.3, -0.25) is 0 Å². The zero-order valence-electron chi connectivity index (χ0n) is 8.76. The van der Waals surface area contributed by atoms with Gasteiger partial charge in [-0.15, -0.1) is 0 Å². The number of rotatable bonds is 3. The van der Waals surface area contributed by atoms with Crippen molar-refractivity contribution in [2.75, 3.05) is 6.54 Å². The van der Waals surface area contributed by atoms with Crippen molar-refractivity contribution >= 4 is 6.29 Å². The normalized spacial score (nSPS) is 26.4. The van der Waals surface area contributed by atoms with Crippen LogP contribution in [0.25, 0.3) is 0 Å². The Morgan fingerprint density at radius 2 is 2.38 bits per heavy atom. The molecule has 2 nitrogen and oxygen atoms in total. The summed E-state index contributed by atoms with van der Waals surface area (Å²) in [6.45, 7) is 7.22. The summed E-state index contributed by atoms with van der Waals surface area (Å²) in [7, 11) is 0. The van der Waals surface area contributed by atoms with Crippen LogP contribution in [-0.4, -0.2) is 12.8 Å². The molecular formula is C11H19NO. The maximum Gasteiger partial charge on any atom is 0.139 e. The molecule has 1 N–H and O–H groups in total. The molecule has 0 saturated carbocycles. The number of carbonyl (C=O) groups excluding carboxylic acids is 1. The smallest absolute Gasteiger partial charge is 0.139 e. The molecule has 0 saturated heterocycles. The summed E-state index contributed by atoms with van der Waals surface area (Å²) in [5, 5.41) is 3.15. The summed E-state index contributed by atoms with van der Waals surface area (Å²) in [6, 6.07) is 0. The molecule has 0 spiro atoms. The zero-order chi connectivity index (χ0) is 9.90. The van der Waals surface area contributed by atoms with E-state index in [-0.39, 0.29) is 0 Å². The third-order valence-corrected chi connectivity index (χ3v) is 2.44. The van der Waals surface area contributed by atoms with E-state index in [1.54, 1.807) is 0 Å². The molecule has 0 heterocycles. The average molecular weight is 181 g/mol. The van der Waals surface area contributed by atoms with Crippen LogP contribution in [0.2, 0.25) is 0 Å². The lowest BCUT2D eigenvalue weighted by atomic mass is 9.75. The quantitative estimate of drug-likeness (QED) is 0.676. The average Bonchev–Trinajstić information content (AvgIpc) is 1.97. The minimum Gasteiger partial charge on any atom is -0.382 e. The molecule has 1 aliphatic carbocycles. The first-order valence-electron chi connectivity index (χ1n) is 4.92. The fraction of sp³-hybridized carbons (Fsp3) is 0.727. The van der Waals surface area contributed by atoms with E-state index in [0.717, 1.165) is 12.7 Å². The van der Waals surface area contributed by atoms with Gasteiger partial charge in [-0.2, -0.15) is 0 Å². The Morgan fingerprint density at radius 3 is 2.92 bits per heavy atom. The molecule has 0 aromatic heterocycles. The Balaban J connectivity index is 2.58. The van der Waals surface area contributed by atoms with Crippen LogP contribution in [0.1, 0.15) is 33.6 Å². The Bertz CT molecular complexity index is 218. The second-order valence-electron chi connectivity index (χ2n) is 4.76. The number of carbonyl (C=O) groups is 1. The highest BCUT2D eigenvalue weighted by Crippen LogP contribution is 2.36. The topological polar surface area (TPSA) is 29.1 Å². The Labute approximate surface area is 80.4 Å². The van der Waals surface area contributed by atoms with Crippen LogP contribution in [0.3, 0.4) is 0 Å². The highest BCUT2D eigenvalue weighted by Gasteiger charge is 2.26. The predicted molar refractivity (Wildman–Crippen MR) is 54.3 cm³/mol. The lowest BCUT2D eigenvalue weighted by Crippen LogP contribution is -2.27. The first-order chi connectivity index (χ1) is 6.03. The molecular weight excluding hydrogens is 162 g/mol. The molecule has 13 heavy (non-hydrogen) atoms. The van der Waals surface area contributed by atoms with Gasteiger partial charge in [0.1, 0.15) is 6.29 Å². The van der Waals surface area contributed by atoms with E-state index >= 15 is 0 Å². The highest BCUT2D eigenvalue weighted by molar-refractivity contribution is 5.52. The standard InChI is InChI=1S/C11H19NO/c1-9-6-10(12-4-5-13)8-11(2,3)7-9/h5-6,9,12H,4,7-8H2,1-3H3. The molecule has 0 fully saturated rings. The van der Waals surface area contributed by atoms with Crippen LogP contribution in [0, 0.1) is 11.3 Å². The highest BCUT2D eigenvalue weighted by atomic mass is 16.1. The van der Waals surface area contributed by atoms with Gasteiger partial charge in [0.25, 0.3) is 0 Å². The Kier molecular flexibility index (Phi) is 3.12. The van der Waals surface area contributed by atoms with Crippen molar-refractivity contribution in [2.45, 2.75) is 33.6 Å². The van der Waals surface area contributed by atoms with E-state index in [9.17, 15) is 4.79 Å². The fourth-order valence-corrected chi connectivity index (χ4v) is 2.21. The molecule has 0 amide bonds.